The van der Waals surface area contributed by atoms with E-state index < -0.39 is 18.0 Å². The number of ether oxygens (including phenoxy) is 3. The minimum absolute atomic E-state index is 0.0259. The van der Waals surface area contributed by atoms with E-state index in [-0.39, 0.29) is 17.6 Å². The number of hydrogen-bond donors (Lipinski definition) is 0. The second kappa shape index (κ2) is 7.99. The Morgan fingerprint density at radius 2 is 2.11 bits per heavy atom. The van der Waals surface area contributed by atoms with Crippen molar-refractivity contribution < 1.29 is 23.5 Å². The minimum atomic E-state index is -0.556. The predicted molar refractivity (Wildman–Crippen MR) is 102 cm³/mol. The van der Waals surface area contributed by atoms with E-state index in [9.17, 15) is 4.79 Å². The lowest BCUT2D eigenvalue weighted by atomic mass is 10.1. The van der Waals surface area contributed by atoms with Crippen LogP contribution in [0, 0.1) is 0 Å². The zero-order chi connectivity index (χ0) is 20.5. The summed E-state index contributed by atoms with van der Waals surface area (Å²) in [7, 11) is 0. The standard InChI is InChI=1S/C20H33N3O5/c1-7-25-13(2)26-15(16-21-17(28-22-16)20(6)10-11-20)14-9-8-12-23(14)18(24)27-19(3,4)5/h13-15H,7-12H2,1-6H3/t13-,14?,15?/m0/s1. The molecule has 0 N–H and O–H groups in total. The minimum Gasteiger partial charge on any atom is -0.444 e. The van der Waals surface area contributed by atoms with Crippen molar-refractivity contribution in [1.29, 1.82) is 0 Å². The molecule has 1 aliphatic carbocycles. The summed E-state index contributed by atoms with van der Waals surface area (Å²) >= 11 is 0. The summed E-state index contributed by atoms with van der Waals surface area (Å²) < 4.78 is 22.9. The van der Waals surface area contributed by atoms with Crippen molar-refractivity contribution in [3.05, 3.63) is 11.7 Å². The topological polar surface area (TPSA) is 86.9 Å². The third-order valence-electron chi connectivity index (χ3n) is 5.23. The van der Waals surface area contributed by atoms with Crippen LogP contribution in [0.1, 0.15) is 85.0 Å². The zero-order valence-corrected chi connectivity index (χ0v) is 17.9. The van der Waals surface area contributed by atoms with E-state index in [1.807, 2.05) is 34.6 Å². The number of aromatic nitrogens is 2. The van der Waals surface area contributed by atoms with Crippen LogP contribution in [0.2, 0.25) is 0 Å². The summed E-state index contributed by atoms with van der Waals surface area (Å²) in [4.78, 5) is 19.1. The quantitative estimate of drug-likeness (QED) is 0.646. The molecular weight excluding hydrogens is 362 g/mol. The molecule has 1 aromatic heterocycles. The maximum Gasteiger partial charge on any atom is 0.410 e. The van der Waals surface area contributed by atoms with Crippen LogP contribution in [-0.4, -0.2) is 52.2 Å². The van der Waals surface area contributed by atoms with Gasteiger partial charge in [0.25, 0.3) is 0 Å². The average Bonchev–Trinajstić information content (AvgIpc) is 3.05. The molecule has 8 heteroatoms. The van der Waals surface area contributed by atoms with Gasteiger partial charge in [-0.1, -0.05) is 12.1 Å². The largest absolute Gasteiger partial charge is 0.444 e. The summed E-state index contributed by atoms with van der Waals surface area (Å²) in [6.07, 6.45) is 2.42. The molecule has 1 aliphatic heterocycles. The molecule has 0 spiro atoms. The first kappa shape index (κ1) is 21.0. The van der Waals surface area contributed by atoms with E-state index in [0.29, 0.717) is 24.9 Å². The highest BCUT2D eigenvalue weighted by Gasteiger charge is 2.46. The van der Waals surface area contributed by atoms with E-state index in [0.717, 1.165) is 25.7 Å². The molecule has 8 nitrogen and oxygen atoms in total. The summed E-state index contributed by atoms with van der Waals surface area (Å²) in [5.41, 5.74) is -0.582. The van der Waals surface area contributed by atoms with Gasteiger partial charge in [0.2, 0.25) is 11.7 Å². The molecular formula is C20H33N3O5. The Hall–Kier alpha value is -1.67. The highest BCUT2D eigenvalue weighted by Crippen LogP contribution is 2.47. The fraction of sp³-hybridized carbons (Fsp3) is 0.850. The SMILES string of the molecule is CCO[C@H](C)OC(c1noc(C2(C)CC2)n1)C1CCCN1C(=O)OC(C)(C)C. The first-order valence-electron chi connectivity index (χ1n) is 10.2. The fourth-order valence-corrected chi connectivity index (χ4v) is 3.46. The van der Waals surface area contributed by atoms with Crippen LogP contribution in [0.5, 0.6) is 0 Å². The second-order valence-electron chi connectivity index (χ2n) is 8.98. The molecule has 1 amide bonds. The second-order valence-corrected chi connectivity index (χ2v) is 8.98. The van der Waals surface area contributed by atoms with Gasteiger partial charge in [-0.3, -0.25) is 0 Å². The Balaban J connectivity index is 1.83. The van der Waals surface area contributed by atoms with E-state index in [2.05, 4.69) is 17.1 Å². The lowest BCUT2D eigenvalue weighted by Gasteiger charge is -2.33. The van der Waals surface area contributed by atoms with Crippen LogP contribution in [0.3, 0.4) is 0 Å². The van der Waals surface area contributed by atoms with Crippen molar-refractivity contribution in [3.8, 4) is 0 Å². The van der Waals surface area contributed by atoms with Gasteiger partial charge in [0.05, 0.1) is 6.04 Å². The predicted octanol–water partition coefficient (Wildman–Crippen LogP) is 3.96. The number of rotatable bonds is 7. The number of amides is 1. The molecule has 2 aliphatic rings. The van der Waals surface area contributed by atoms with Gasteiger partial charge in [-0.15, -0.1) is 0 Å². The molecule has 1 saturated heterocycles. The molecule has 0 radical (unpaired) electrons. The van der Waals surface area contributed by atoms with Crippen molar-refractivity contribution in [2.24, 2.45) is 0 Å². The van der Waals surface area contributed by atoms with Gasteiger partial charge in [-0.2, -0.15) is 4.98 Å². The van der Waals surface area contributed by atoms with Crippen LogP contribution in [0.25, 0.3) is 0 Å². The highest BCUT2D eigenvalue weighted by molar-refractivity contribution is 5.69. The van der Waals surface area contributed by atoms with Crippen molar-refractivity contribution in [1.82, 2.24) is 15.0 Å². The van der Waals surface area contributed by atoms with E-state index in [4.69, 9.17) is 18.7 Å². The Kier molecular flexibility index (Phi) is 6.00. The van der Waals surface area contributed by atoms with Gasteiger partial charge >= 0.3 is 6.09 Å². The van der Waals surface area contributed by atoms with Gasteiger partial charge in [0, 0.05) is 18.6 Å². The van der Waals surface area contributed by atoms with Crippen LogP contribution in [0.15, 0.2) is 4.52 Å². The Morgan fingerprint density at radius 3 is 2.71 bits per heavy atom. The number of carbonyl (C=O) groups excluding carboxylic acids is 1. The maximum atomic E-state index is 12.7. The van der Waals surface area contributed by atoms with Crippen LogP contribution < -0.4 is 0 Å². The summed E-state index contributed by atoms with van der Waals surface area (Å²) in [5, 5.41) is 4.20. The van der Waals surface area contributed by atoms with Crippen molar-refractivity contribution >= 4 is 6.09 Å². The highest BCUT2D eigenvalue weighted by atomic mass is 16.7. The molecule has 0 aromatic carbocycles. The van der Waals surface area contributed by atoms with Crippen molar-refractivity contribution in [2.45, 2.75) is 96.7 Å². The van der Waals surface area contributed by atoms with E-state index in [1.54, 1.807) is 4.90 Å². The Morgan fingerprint density at radius 1 is 1.39 bits per heavy atom. The summed E-state index contributed by atoms with van der Waals surface area (Å²) in [6, 6.07) is -0.227. The number of hydrogen-bond acceptors (Lipinski definition) is 7. The molecule has 158 valence electrons. The molecule has 1 aromatic rings. The molecule has 28 heavy (non-hydrogen) atoms. The van der Waals surface area contributed by atoms with Gasteiger partial charge in [0.15, 0.2) is 6.29 Å². The molecule has 2 unspecified atom stereocenters. The number of likely N-dealkylation sites (tertiary alicyclic amines) is 1. The van der Waals surface area contributed by atoms with E-state index >= 15 is 0 Å². The molecule has 3 atom stereocenters. The molecule has 1 saturated carbocycles. The molecule has 0 bridgehead atoms. The maximum absolute atomic E-state index is 12.7. The summed E-state index contributed by atoms with van der Waals surface area (Å²) in [6.45, 7) is 12.6. The first-order valence-corrected chi connectivity index (χ1v) is 10.2. The van der Waals surface area contributed by atoms with E-state index in [1.165, 1.54) is 0 Å². The molecule has 2 fully saturated rings. The lowest BCUT2D eigenvalue weighted by molar-refractivity contribution is -0.174. The van der Waals surface area contributed by atoms with Crippen LogP contribution >= 0.6 is 0 Å². The van der Waals surface area contributed by atoms with Gasteiger partial charge in [0.1, 0.15) is 11.7 Å². The zero-order valence-electron chi connectivity index (χ0n) is 17.9. The summed E-state index contributed by atoms with van der Waals surface area (Å²) in [5.74, 6) is 1.11. The third kappa shape index (κ3) is 4.84. The normalized spacial score (nSPS) is 23.5. The lowest BCUT2D eigenvalue weighted by Crippen LogP contribution is -2.44. The Labute approximate surface area is 166 Å². The van der Waals surface area contributed by atoms with Gasteiger partial charge < -0.3 is 23.6 Å². The van der Waals surface area contributed by atoms with Crippen LogP contribution in [-0.2, 0) is 19.6 Å². The Bertz CT molecular complexity index is 680. The molecule has 3 rings (SSSR count). The fourth-order valence-electron chi connectivity index (χ4n) is 3.46. The van der Waals surface area contributed by atoms with Gasteiger partial charge in [-0.25, -0.2) is 4.79 Å². The first-order chi connectivity index (χ1) is 13.1. The smallest absolute Gasteiger partial charge is 0.410 e. The monoisotopic (exact) mass is 395 g/mol. The average molecular weight is 396 g/mol. The van der Waals surface area contributed by atoms with Crippen molar-refractivity contribution in [3.63, 3.8) is 0 Å². The number of nitrogens with zero attached hydrogens (tertiary/aromatic N) is 3. The third-order valence-corrected chi connectivity index (χ3v) is 5.23. The van der Waals surface area contributed by atoms with Crippen LogP contribution in [0.4, 0.5) is 4.79 Å². The number of carbonyl (C=O) groups is 1. The van der Waals surface area contributed by atoms with Gasteiger partial charge in [-0.05, 0) is 60.3 Å². The van der Waals surface area contributed by atoms with Crippen molar-refractivity contribution in [2.75, 3.05) is 13.2 Å². The molecule has 2 heterocycles.